The van der Waals surface area contributed by atoms with E-state index in [9.17, 15) is 4.79 Å². The number of H-pyrrole nitrogens is 1. The summed E-state index contributed by atoms with van der Waals surface area (Å²) in [7, 11) is 1.67. The lowest BCUT2D eigenvalue weighted by Crippen LogP contribution is -2.40. The summed E-state index contributed by atoms with van der Waals surface area (Å²) in [6.45, 7) is 2.46. The second-order valence-corrected chi connectivity index (χ2v) is 9.53. The van der Waals surface area contributed by atoms with Crippen molar-refractivity contribution in [3.05, 3.63) is 53.5 Å². The van der Waals surface area contributed by atoms with E-state index in [4.69, 9.17) is 4.74 Å². The highest BCUT2D eigenvalue weighted by atomic mass is 16.5. The van der Waals surface area contributed by atoms with Crippen LogP contribution in [-0.2, 0) is 29.6 Å². The Labute approximate surface area is 187 Å². The molecule has 7 heteroatoms. The predicted octanol–water partition coefficient (Wildman–Crippen LogP) is 3.35. The van der Waals surface area contributed by atoms with Crippen molar-refractivity contribution in [2.24, 2.45) is 5.92 Å². The average Bonchev–Trinajstić information content (AvgIpc) is 3.73. The van der Waals surface area contributed by atoms with Crippen LogP contribution in [-0.4, -0.2) is 51.0 Å². The van der Waals surface area contributed by atoms with Crippen molar-refractivity contribution in [1.29, 1.82) is 0 Å². The Hall–Kier alpha value is -3.09. The van der Waals surface area contributed by atoms with Crippen molar-refractivity contribution in [1.82, 2.24) is 24.9 Å². The van der Waals surface area contributed by atoms with Crippen LogP contribution in [0.25, 0.3) is 11.3 Å². The lowest BCUT2D eigenvalue weighted by atomic mass is 9.94. The first kappa shape index (κ1) is 19.6. The zero-order chi connectivity index (χ0) is 21.7. The summed E-state index contributed by atoms with van der Waals surface area (Å²) < 4.78 is 7.33. The molecule has 2 saturated carbocycles. The Kier molecular flexibility index (Phi) is 4.59. The number of amides is 1. The molecule has 0 unspecified atom stereocenters. The lowest BCUT2D eigenvalue weighted by Gasteiger charge is -2.26. The van der Waals surface area contributed by atoms with E-state index in [1.165, 1.54) is 18.4 Å². The highest BCUT2D eigenvalue weighted by Gasteiger charge is 2.53. The number of methoxy groups -OCH3 is 1. The SMILES string of the molecule is COc1ccc(C2(C(=O)N3CCc4[nH]nc(-c5cnn(CC6CC6)c5)c4CC3)CC2)cc1. The van der Waals surface area contributed by atoms with Gasteiger partial charge >= 0.3 is 0 Å². The second kappa shape index (κ2) is 7.50. The minimum atomic E-state index is -0.352. The summed E-state index contributed by atoms with van der Waals surface area (Å²) in [6.07, 6.45) is 10.1. The van der Waals surface area contributed by atoms with Gasteiger partial charge < -0.3 is 9.64 Å². The lowest BCUT2D eigenvalue weighted by molar-refractivity contribution is -0.133. The largest absolute Gasteiger partial charge is 0.497 e. The van der Waals surface area contributed by atoms with Gasteiger partial charge in [-0.05, 0) is 55.7 Å². The highest BCUT2D eigenvalue weighted by Crippen LogP contribution is 2.50. The maximum atomic E-state index is 13.6. The zero-order valence-corrected chi connectivity index (χ0v) is 18.5. The number of nitrogens with one attached hydrogen (secondary N) is 1. The number of nitrogens with zero attached hydrogens (tertiary/aromatic N) is 4. The zero-order valence-electron chi connectivity index (χ0n) is 18.5. The van der Waals surface area contributed by atoms with Crippen LogP contribution in [0.15, 0.2) is 36.7 Å². The van der Waals surface area contributed by atoms with Gasteiger partial charge in [-0.1, -0.05) is 12.1 Å². The number of ether oxygens (including phenoxy) is 1. The standard InChI is InChI=1S/C25H29N5O2/c1-32-20-6-4-19(5-7-20)25(10-11-25)24(31)29-12-8-21-22(9-13-29)27-28-23(21)18-14-26-30(16-18)15-17-2-3-17/h4-7,14,16-17H,2-3,8-13,15H2,1H3,(H,27,28). The van der Waals surface area contributed by atoms with Gasteiger partial charge in [0.15, 0.2) is 0 Å². The summed E-state index contributed by atoms with van der Waals surface area (Å²) in [5.41, 5.74) is 5.21. The molecule has 166 valence electrons. The summed E-state index contributed by atoms with van der Waals surface area (Å²) in [6, 6.07) is 8.01. The highest BCUT2D eigenvalue weighted by molar-refractivity contribution is 5.91. The van der Waals surface area contributed by atoms with Crippen molar-refractivity contribution in [3.8, 4) is 17.0 Å². The Morgan fingerprint density at radius 1 is 1.19 bits per heavy atom. The number of hydrogen-bond acceptors (Lipinski definition) is 4. The van der Waals surface area contributed by atoms with Crippen LogP contribution in [0.3, 0.4) is 0 Å². The molecule has 1 N–H and O–H groups in total. The maximum absolute atomic E-state index is 13.6. The van der Waals surface area contributed by atoms with Gasteiger partial charge in [-0.15, -0.1) is 0 Å². The van der Waals surface area contributed by atoms with E-state index in [1.54, 1.807) is 7.11 Å². The van der Waals surface area contributed by atoms with Crippen molar-refractivity contribution in [2.45, 2.75) is 50.5 Å². The number of hydrogen-bond donors (Lipinski definition) is 1. The summed E-state index contributed by atoms with van der Waals surface area (Å²) in [4.78, 5) is 15.6. The maximum Gasteiger partial charge on any atom is 0.233 e. The monoisotopic (exact) mass is 431 g/mol. The molecule has 3 aliphatic rings. The van der Waals surface area contributed by atoms with Crippen LogP contribution in [0.5, 0.6) is 5.75 Å². The Morgan fingerprint density at radius 3 is 2.69 bits per heavy atom. The Morgan fingerprint density at radius 2 is 1.97 bits per heavy atom. The van der Waals surface area contributed by atoms with Gasteiger partial charge in [-0.3, -0.25) is 14.6 Å². The fourth-order valence-electron chi connectivity index (χ4n) is 5.04. The number of carbonyl (C=O) groups is 1. The molecule has 3 aromatic rings. The smallest absolute Gasteiger partial charge is 0.233 e. The van der Waals surface area contributed by atoms with E-state index in [1.807, 2.05) is 35.1 Å². The van der Waals surface area contributed by atoms with Crippen LogP contribution >= 0.6 is 0 Å². The van der Waals surface area contributed by atoms with Crippen LogP contribution < -0.4 is 4.74 Å². The molecule has 6 rings (SSSR count). The molecule has 0 spiro atoms. The average molecular weight is 432 g/mol. The number of aromatic amines is 1. The minimum absolute atomic E-state index is 0.264. The molecule has 3 heterocycles. The van der Waals surface area contributed by atoms with Crippen molar-refractivity contribution >= 4 is 5.91 Å². The van der Waals surface area contributed by atoms with E-state index in [-0.39, 0.29) is 11.3 Å². The van der Waals surface area contributed by atoms with E-state index < -0.39 is 0 Å². The molecule has 1 aliphatic heterocycles. The van der Waals surface area contributed by atoms with Gasteiger partial charge in [0.1, 0.15) is 5.75 Å². The molecule has 1 amide bonds. The summed E-state index contributed by atoms with van der Waals surface area (Å²) in [5, 5.41) is 12.4. The van der Waals surface area contributed by atoms with E-state index in [0.29, 0.717) is 0 Å². The number of fused-ring (bicyclic) bond motifs is 1. The molecule has 2 fully saturated rings. The van der Waals surface area contributed by atoms with Gasteiger partial charge in [-0.2, -0.15) is 10.2 Å². The van der Waals surface area contributed by atoms with Crippen LogP contribution in [0.1, 0.15) is 42.5 Å². The van der Waals surface area contributed by atoms with E-state index in [2.05, 4.69) is 26.4 Å². The number of aromatic nitrogens is 4. The molecular formula is C25H29N5O2. The predicted molar refractivity (Wildman–Crippen MR) is 120 cm³/mol. The number of benzene rings is 1. The second-order valence-electron chi connectivity index (χ2n) is 9.53. The van der Waals surface area contributed by atoms with Crippen molar-refractivity contribution in [2.75, 3.05) is 20.2 Å². The molecule has 2 aliphatic carbocycles. The molecule has 0 bridgehead atoms. The van der Waals surface area contributed by atoms with Gasteiger partial charge in [0.2, 0.25) is 5.91 Å². The Balaban J connectivity index is 1.18. The fourth-order valence-corrected chi connectivity index (χ4v) is 5.04. The first-order valence-corrected chi connectivity index (χ1v) is 11.7. The van der Waals surface area contributed by atoms with Crippen LogP contribution in [0, 0.1) is 5.92 Å². The van der Waals surface area contributed by atoms with Gasteiger partial charge in [0, 0.05) is 49.1 Å². The molecular weight excluding hydrogens is 402 g/mol. The van der Waals surface area contributed by atoms with Crippen LogP contribution in [0.2, 0.25) is 0 Å². The van der Waals surface area contributed by atoms with Crippen LogP contribution in [0.4, 0.5) is 0 Å². The molecule has 0 saturated heterocycles. The van der Waals surface area contributed by atoms with Gasteiger partial charge in [0.05, 0.1) is 24.4 Å². The van der Waals surface area contributed by atoms with E-state index >= 15 is 0 Å². The van der Waals surface area contributed by atoms with Gasteiger partial charge in [-0.25, -0.2) is 0 Å². The van der Waals surface area contributed by atoms with Crippen molar-refractivity contribution < 1.29 is 9.53 Å². The summed E-state index contributed by atoms with van der Waals surface area (Å²) in [5.74, 6) is 1.88. The Bertz CT molecular complexity index is 1140. The summed E-state index contributed by atoms with van der Waals surface area (Å²) >= 11 is 0. The number of rotatable bonds is 6. The molecule has 32 heavy (non-hydrogen) atoms. The molecule has 7 nitrogen and oxygen atoms in total. The third-order valence-electron chi connectivity index (χ3n) is 7.35. The number of carbonyl (C=O) groups excluding carboxylic acids is 1. The first-order valence-electron chi connectivity index (χ1n) is 11.7. The molecule has 1 aromatic carbocycles. The fraction of sp³-hybridized carbons (Fsp3) is 0.480. The van der Waals surface area contributed by atoms with E-state index in [0.717, 1.165) is 79.5 Å². The van der Waals surface area contributed by atoms with Crippen molar-refractivity contribution in [3.63, 3.8) is 0 Å². The third kappa shape index (κ3) is 3.40. The quantitative estimate of drug-likeness (QED) is 0.649. The first-order chi connectivity index (χ1) is 15.7. The molecule has 0 radical (unpaired) electrons. The molecule has 0 atom stereocenters. The molecule has 2 aromatic heterocycles. The van der Waals surface area contributed by atoms with Gasteiger partial charge in [0.25, 0.3) is 0 Å². The minimum Gasteiger partial charge on any atom is -0.497 e. The topological polar surface area (TPSA) is 76.0 Å². The normalized spacial score (nSPS) is 19.3. The third-order valence-corrected chi connectivity index (χ3v) is 7.35.